The summed E-state index contributed by atoms with van der Waals surface area (Å²) < 4.78 is 22.5. The quantitative estimate of drug-likeness (QED) is 0.747. The van der Waals surface area contributed by atoms with Crippen molar-refractivity contribution in [3.05, 3.63) is 17.0 Å². The predicted molar refractivity (Wildman–Crippen MR) is 46.4 cm³/mol. The van der Waals surface area contributed by atoms with Crippen molar-refractivity contribution < 1.29 is 13.3 Å². The fraction of sp³-hybridized carbons (Fsp3) is 0.167. The molecule has 13 heavy (non-hydrogen) atoms. The fourth-order valence-corrected chi connectivity index (χ4v) is 2.57. The molecule has 1 aromatic rings. The minimum absolute atomic E-state index is 0.0610. The van der Waals surface area contributed by atoms with E-state index in [-0.39, 0.29) is 4.21 Å². The average Bonchev–Trinajstić information content (AvgIpc) is 2.52. The van der Waals surface area contributed by atoms with E-state index in [1.54, 1.807) is 0 Å². The van der Waals surface area contributed by atoms with Gasteiger partial charge in [0, 0.05) is 0 Å². The van der Waals surface area contributed by atoms with Crippen molar-refractivity contribution in [3.63, 3.8) is 0 Å². The molecule has 0 aliphatic heterocycles. The highest BCUT2D eigenvalue weighted by atomic mass is 32.2. The Bertz CT molecular complexity index is 429. The maximum Gasteiger partial charge on any atom is 0.271 e. The topological polar surface area (TPSA) is 79.2 Å². The highest BCUT2D eigenvalue weighted by Gasteiger charge is 2.15. The summed E-state index contributed by atoms with van der Waals surface area (Å²) in [6, 6.07) is 4.64. The van der Waals surface area contributed by atoms with Gasteiger partial charge in [-0.25, -0.2) is 8.42 Å². The zero-order valence-electron chi connectivity index (χ0n) is 6.64. The van der Waals surface area contributed by atoms with Crippen LogP contribution in [0.5, 0.6) is 0 Å². The monoisotopic (exact) mass is 218 g/mol. The number of sulfonamides is 1. The van der Waals surface area contributed by atoms with E-state index in [1.807, 2.05) is 11.0 Å². The molecule has 0 unspecified atom stereocenters. The number of nitrogens with zero attached hydrogens (tertiary/aromatic N) is 1. The first-order chi connectivity index (χ1) is 6.10. The standard InChI is InChI=1S/C6H6N2O3S2/c1-11-8-13(9,10)6-3-2-5(4-7)12-6/h2-3,8H,1H3. The molecule has 5 nitrogen and oxygen atoms in total. The van der Waals surface area contributed by atoms with Gasteiger partial charge in [-0.2, -0.15) is 5.26 Å². The Morgan fingerprint density at radius 2 is 2.31 bits per heavy atom. The Hall–Kier alpha value is -0.940. The van der Waals surface area contributed by atoms with Gasteiger partial charge < -0.3 is 0 Å². The third kappa shape index (κ3) is 2.26. The van der Waals surface area contributed by atoms with Gasteiger partial charge in [0.15, 0.2) is 0 Å². The van der Waals surface area contributed by atoms with Crippen molar-refractivity contribution in [1.29, 1.82) is 5.26 Å². The van der Waals surface area contributed by atoms with Crippen molar-refractivity contribution in [2.45, 2.75) is 4.21 Å². The Morgan fingerprint density at radius 1 is 1.62 bits per heavy atom. The smallest absolute Gasteiger partial charge is 0.271 e. The maximum atomic E-state index is 11.2. The molecule has 1 aromatic heterocycles. The molecule has 0 fully saturated rings. The molecule has 0 aliphatic carbocycles. The number of hydrogen-bond donors (Lipinski definition) is 1. The summed E-state index contributed by atoms with van der Waals surface area (Å²) in [4.78, 5) is 6.48. The van der Waals surface area contributed by atoms with E-state index in [9.17, 15) is 8.42 Å². The maximum absolute atomic E-state index is 11.2. The minimum Gasteiger partial charge on any atom is -0.290 e. The summed E-state index contributed by atoms with van der Waals surface area (Å²) in [6.45, 7) is 0. The summed E-state index contributed by atoms with van der Waals surface area (Å²) in [7, 11) is -2.40. The molecule has 0 saturated carbocycles. The number of hydrogen-bond acceptors (Lipinski definition) is 5. The Balaban J connectivity index is 3.03. The number of rotatable bonds is 3. The largest absolute Gasteiger partial charge is 0.290 e. The van der Waals surface area contributed by atoms with Crippen molar-refractivity contribution in [3.8, 4) is 6.07 Å². The van der Waals surface area contributed by atoms with Crippen LogP contribution in [0.1, 0.15) is 4.88 Å². The van der Waals surface area contributed by atoms with Gasteiger partial charge in [0.1, 0.15) is 15.2 Å². The van der Waals surface area contributed by atoms with Gasteiger partial charge in [0.05, 0.1) is 7.11 Å². The van der Waals surface area contributed by atoms with Gasteiger partial charge in [-0.3, -0.25) is 4.84 Å². The number of nitriles is 1. The molecule has 0 radical (unpaired) electrons. The fourth-order valence-electron chi connectivity index (χ4n) is 0.675. The normalized spacial score (nSPS) is 11.1. The predicted octanol–water partition coefficient (Wildman–Crippen LogP) is 0.459. The molecule has 0 aromatic carbocycles. The van der Waals surface area contributed by atoms with Crippen molar-refractivity contribution in [2.24, 2.45) is 0 Å². The zero-order valence-corrected chi connectivity index (χ0v) is 8.28. The van der Waals surface area contributed by atoms with E-state index in [0.717, 1.165) is 11.3 Å². The SMILES string of the molecule is CONS(=O)(=O)c1ccc(C#N)s1. The first kappa shape index (κ1) is 10.1. The first-order valence-electron chi connectivity index (χ1n) is 3.15. The molecular weight excluding hydrogens is 212 g/mol. The van der Waals surface area contributed by atoms with Gasteiger partial charge >= 0.3 is 0 Å². The molecule has 1 rings (SSSR count). The summed E-state index contributed by atoms with van der Waals surface area (Å²) in [5.74, 6) is 0. The molecule has 0 saturated heterocycles. The van der Waals surface area contributed by atoms with E-state index >= 15 is 0 Å². The van der Waals surface area contributed by atoms with E-state index < -0.39 is 10.0 Å². The summed E-state index contributed by atoms with van der Waals surface area (Å²) in [6.07, 6.45) is 0. The van der Waals surface area contributed by atoms with E-state index in [1.165, 1.54) is 19.2 Å². The van der Waals surface area contributed by atoms with Crippen LogP contribution in [0.2, 0.25) is 0 Å². The average molecular weight is 218 g/mol. The molecule has 0 bridgehead atoms. The van der Waals surface area contributed by atoms with Gasteiger partial charge in [0.25, 0.3) is 10.0 Å². The summed E-state index contributed by atoms with van der Waals surface area (Å²) in [5.41, 5.74) is 0. The van der Waals surface area contributed by atoms with Crippen LogP contribution in [0, 0.1) is 11.3 Å². The molecule has 70 valence electrons. The van der Waals surface area contributed by atoms with E-state index in [0.29, 0.717) is 4.88 Å². The van der Waals surface area contributed by atoms with E-state index in [2.05, 4.69) is 4.84 Å². The lowest BCUT2D eigenvalue weighted by atomic mass is 10.5. The van der Waals surface area contributed by atoms with Crippen LogP contribution in [0.4, 0.5) is 0 Å². The molecule has 0 spiro atoms. The van der Waals surface area contributed by atoms with Crippen molar-refractivity contribution in [2.75, 3.05) is 7.11 Å². The van der Waals surface area contributed by atoms with Gasteiger partial charge in [-0.05, 0) is 12.1 Å². The Labute approximate surface area is 79.6 Å². The number of thiophene rings is 1. The molecular formula is C6H6N2O3S2. The third-order valence-corrected chi connectivity index (χ3v) is 3.89. The van der Waals surface area contributed by atoms with Crippen LogP contribution in [0.25, 0.3) is 0 Å². The van der Waals surface area contributed by atoms with Gasteiger partial charge in [0.2, 0.25) is 0 Å². The second-order valence-electron chi connectivity index (χ2n) is 2.02. The zero-order chi connectivity index (χ0) is 9.90. The second kappa shape index (κ2) is 3.85. The first-order valence-corrected chi connectivity index (χ1v) is 5.45. The molecule has 0 aliphatic rings. The van der Waals surface area contributed by atoms with Gasteiger partial charge in [-0.15, -0.1) is 11.3 Å². The molecule has 1 N–H and O–H groups in total. The van der Waals surface area contributed by atoms with Crippen molar-refractivity contribution >= 4 is 21.4 Å². The second-order valence-corrected chi connectivity index (χ2v) is 4.98. The molecule has 0 atom stereocenters. The van der Waals surface area contributed by atoms with Crippen LogP contribution >= 0.6 is 11.3 Å². The Morgan fingerprint density at radius 3 is 2.77 bits per heavy atom. The van der Waals surface area contributed by atoms with Crippen molar-refractivity contribution in [1.82, 2.24) is 4.89 Å². The van der Waals surface area contributed by atoms with Crippen LogP contribution in [-0.4, -0.2) is 15.5 Å². The third-order valence-electron chi connectivity index (χ3n) is 1.15. The van der Waals surface area contributed by atoms with Crippen LogP contribution in [0.3, 0.4) is 0 Å². The molecule has 7 heteroatoms. The lowest BCUT2D eigenvalue weighted by Gasteiger charge is -1.99. The molecule has 1 heterocycles. The van der Waals surface area contributed by atoms with Crippen LogP contribution in [-0.2, 0) is 14.9 Å². The lowest BCUT2D eigenvalue weighted by molar-refractivity contribution is 0.153. The highest BCUT2D eigenvalue weighted by Crippen LogP contribution is 2.20. The summed E-state index contributed by atoms with van der Waals surface area (Å²) >= 11 is 0.888. The van der Waals surface area contributed by atoms with Crippen LogP contribution in [0.15, 0.2) is 16.3 Å². The lowest BCUT2D eigenvalue weighted by Crippen LogP contribution is -2.21. The molecule has 0 amide bonds. The van der Waals surface area contributed by atoms with Crippen LogP contribution < -0.4 is 4.89 Å². The minimum atomic E-state index is -3.60. The van der Waals surface area contributed by atoms with Gasteiger partial charge in [-0.1, -0.05) is 4.89 Å². The number of nitrogens with one attached hydrogen (secondary N) is 1. The summed E-state index contributed by atoms with van der Waals surface area (Å²) in [5, 5.41) is 8.46. The Kier molecular flexibility index (Phi) is 3.00. The highest BCUT2D eigenvalue weighted by molar-refractivity contribution is 7.91. The van der Waals surface area contributed by atoms with E-state index in [4.69, 9.17) is 5.26 Å².